The van der Waals surface area contributed by atoms with Gasteiger partial charge in [-0.05, 0) is 27.1 Å². The van der Waals surface area contributed by atoms with Crippen molar-refractivity contribution in [3.05, 3.63) is 37.6 Å². The Labute approximate surface area is 156 Å². The fourth-order valence-corrected chi connectivity index (χ4v) is 3.04. The Bertz CT molecular complexity index is 362. The van der Waals surface area contributed by atoms with Crippen molar-refractivity contribution in [3.8, 4) is 0 Å². The fourth-order valence-electron chi connectivity index (χ4n) is 3.04. The van der Waals surface area contributed by atoms with Crippen LogP contribution >= 0.6 is 0 Å². The molecule has 1 atom stereocenters. The van der Waals surface area contributed by atoms with E-state index < -0.39 is 0 Å². The molecule has 0 aromatic heterocycles. The van der Waals surface area contributed by atoms with E-state index >= 15 is 0 Å². The van der Waals surface area contributed by atoms with Crippen LogP contribution in [-0.4, -0.2) is 25.5 Å². The minimum atomic E-state index is 0. The maximum atomic E-state index is 3.82. The topological polar surface area (TPSA) is 3.24 Å². The smallest absolute Gasteiger partial charge is 0.358 e. The Balaban J connectivity index is -0.00000120. The first-order valence-electron chi connectivity index (χ1n) is 7.77. The van der Waals surface area contributed by atoms with Gasteiger partial charge in [0.25, 0.3) is 0 Å². The summed E-state index contributed by atoms with van der Waals surface area (Å²) in [7, 11) is 4.32. The second-order valence-corrected chi connectivity index (χ2v) is 7.08. The van der Waals surface area contributed by atoms with Gasteiger partial charge in [-0.15, -0.1) is 0 Å². The predicted molar refractivity (Wildman–Crippen MR) is 97.8 cm³/mol. The Morgan fingerprint density at radius 3 is 1.77 bits per heavy atom. The third kappa shape index (κ3) is 6.73. The van der Waals surface area contributed by atoms with Crippen LogP contribution in [0.15, 0.2) is 16.7 Å². The maximum Gasteiger partial charge on any atom is 3.00 e. The molecule has 127 valence electrons. The molecule has 0 aliphatic heterocycles. The largest absolute Gasteiger partial charge is 3.00 e. The molecule has 1 aliphatic carbocycles. The predicted octanol–water partition coefficient (Wildman–Crippen LogP) is 5.46. The second-order valence-electron chi connectivity index (χ2n) is 7.08. The summed E-state index contributed by atoms with van der Waals surface area (Å²) >= 11 is 0. The Kier molecular flexibility index (Phi) is 14.3. The van der Waals surface area contributed by atoms with Gasteiger partial charge in [0.2, 0.25) is 0 Å². The van der Waals surface area contributed by atoms with Gasteiger partial charge >= 0.3 is 21.7 Å². The van der Waals surface area contributed by atoms with Crippen LogP contribution in [0.2, 0.25) is 0 Å². The minimum Gasteiger partial charge on any atom is -0.358 e. The number of rotatable bonds is 6. The molecule has 0 saturated heterocycles. The molecule has 1 rings (SSSR count). The minimum absolute atomic E-state index is 0. The van der Waals surface area contributed by atoms with Gasteiger partial charge in [-0.2, -0.15) is 11.1 Å². The van der Waals surface area contributed by atoms with E-state index in [4.69, 9.17) is 0 Å². The maximum absolute atomic E-state index is 3.82. The van der Waals surface area contributed by atoms with E-state index in [1.165, 1.54) is 12.0 Å². The van der Waals surface area contributed by atoms with Gasteiger partial charge < -0.3 is 19.8 Å². The first-order valence-corrected chi connectivity index (χ1v) is 7.77. The molecule has 1 nitrogen and oxygen atoms in total. The molecular weight excluding hydrogens is 302 g/mol. The number of hydrogen-bond donors (Lipinski definition) is 0. The van der Waals surface area contributed by atoms with E-state index in [9.17, 15) is 0 Å². The standard InChI is InChI=1S/C18H32N.2CH3.Ti/c1-12(2)16-11-17(13(3)4)18(14(5)6)15(16)9-10-19(7)8;;;/h12-14,16H,9-10H2,1-8H3;2*1H3;/q3*-1;+3. The molecule has 0 saturated carbocycles. The monoisotopic (exact) mass is 340 g/mol. The van der Waals surface area contributed by atoms with Crippen molar-refractivity contribution < 1.29 is 21.7 Å². The average molecular weight is 340 g/mol. The molecule has 0 fully saturated rings. The number of allylic oxidation sites excluding steroid dienone is 3. The first-order chi connectivity index (χ1) is 8.75. The Morgan fingerprint density at radius 1 is 0.955 bits per heavy atom. The molecule has 22 heavy (non-hydrogen) atoms. The summed E-state index contributed by atoms with van der Waals surface area (Å²) in [5, 5.41) is 0. The van der Waals surface area contributed by atoms with Crippen LogP contribution < -0.4 is 0 Å². The normalized spacial score (nSPS) is 17.6. The van der Waals surface area contributed by atoms with Crippen molar-refractivity contribution in [3.63, 3.8) is 0 Å². The van der Waals surface area contributed by atoms with Crippen molar-refractivity contribution in [2.24, 2.45) is 23.7 Å². The van der Waals surface area contributed by atoms with Crippen LogP contribution in [0.1, 0.15) is 48.0 Å². The molecule has 1 aliphatic rings. The molecule has 0 aromatic carbocycles. The summed E-state index contributed by atoms with van der Waals surface area (Å²) in [6.07, 6.45) is 5.01. The molecule has 1 radical (unpaired) electrons. The summed E-state index contributed by atoms with van der Waals surface area (Å²) in [6, 6.07) is 0. The third-order valence-electron chi connectivity index (χ3n) is 3.97. The van der Waals surface area contributed by atoms with Gasteiger partial charge in [0.05, 0.1) is 0 Å². The molecule has 0 amide bonds. The van der Waals surface area contributed by atoms with Gasteiger partial charge in [0.1, 0.15) is 0 Å². The van der Waals surface area contributed by atoms with Crippen molar-refractivity contribution in [1.29, 1.82) is 0 Å². The summed E-state index contributed by atoms with van der Waals surface area (Å²) in [5.41, 5.74) is 4.75. The quantitative estimate of drug-likeness (QED) is 0.458. The van der Waals surface area contributed by atoms with E-state index in [2.05, 4.69) is 66.6 Å². The van der Waals surface area contributed by atoms with Gasteiger partial charge in [-0.3, -0.25) is 6.08 Å². The van der Waals surface area contributed by atoms with Crippen LogP contribution in [0.4, 0.5) is 0 Å². The molecular formula is C20H38NTi. The zero-order chi connectivity index (χ0) is 14.7. The zero-order valence-corrected chi connectivity index (χ0v) is 18.2. The van der Waals surface area contributed by atoms with Gasteiger partial charge in [0, 0.05) is 0 Å². The van der Waals surface area contributed by atoms with Gasteiger partial charge in [-0.1, -0.05) is 65.2 Å². The molecule has 0 aromatic rings. The molecule has 0 heterocycles. The number of nitrogens with zero attached hydrogens (tertiary/aromatic N) is 1. The van der Waals surface area contributed by atoms with E-state index in [0.29, 0.717) is 23.7 Å². The van der Waals surface area contributed by atoms with E-state index in [0.717, 1.165) is 6.54 Å². The van der Waals surface area contributed by atoms with Crippen molar-refractivity contribution in [2.75, 3.05) is 20.6 Å². The van der Waals surface area contributed by atoms with Crippen LogP contribution in [0.25, 0.3) is 0 Å². The summed E-state index contributed by atoms with van der Waals surface area (Å²) in [5.74, 6) is 2.40. The molecule has 0 spiro atoms. The first kappa shape index (κ1) is 27.0. The van der Waals surface area contributed by atoms with E-state index in [1.807, 2.05) is 0 Å². The van der Waals surface area contributed by atoms with Crippen molar-refractivity contribution >= 4 is 0 Å². The molecule has 1 unspecified atom stereocenters. The Morgan fingerprint density at radius 2 is 1.45 bits per heavy atom. The number of hydrogen-bond acceptors (Lipinski definition) is 1. The van der Waals surface area contributed by atoms with Crippen molar-refractivity contribution in [2.45, 2.75) is 48.0 Å². The van der Waals surface area contributed by atoms with E-state index in [-0.39, 0.29) is 36.6 Å². The molecule has 0 bridgehead atoms. The summed E-state index contributed by atoms with van der Waals surface area (Å²) in [6.45, 7) is 15.1. The van der Waals surface area contributed by atoms with Crippen LogP contribution in [0, 0.1) is 44.6 Å². The fraction of sp³-hybridized carbons (Fsp3) is 0.700. The van der Waals surface area contributed by atoms with Crippen LogP contribution in [0.5, 0.6) is 0 Å². The third-order valence-corrected chi connectivity index (χ3v) is 3.97. The Hall–Kier alpha value is 0.154. The molecule has 0 N–H and O–H groups in total. The van der Waals surface area contributed by atoms with Gasteiger partial charge in [-0.25, -0.2) is 5.57 Å². The van der Waals surface area contributed by atoms with Crippen LogP contribution in [-0.2, 0) is 21.7 Å². The second kappa shape index (κ2) is 11.7. The average Bonchev–Trinajstić information content (AvgIpc) is 2.65. The van der Waals surface area contributed by atoms with Crippen molar-refractivity contribution in [1.82, 2.24) is 4.90 Å². The molecule has 2 heteroatoms. The zero-order valence-electron chi connectivity index (χ0n) is 16.7. The summed E-state index contributed by atoms with van der Waals surface area (Å²) in [4.78, 5) is 2.29. The van der Waals surface area contributed by atoms with Gasteiger partial charge in [0.15, 0.2) is 0 Å². The summed E-state index contributed by atoms with van der Waals surface area (Å²) < 4.78 is 0. The van der Waals surface area contributed by atoms with E-state index in [1.54, 1.807) is 11.1 Å². The van der Waals surface area contributed by atoms with Crippen LogP contribution in [0.3, 0.4) is 0 Å². The SMILES string of the molecule is CC(C)C1=[C-]C(C(C)C)C(CCN(C)C)=C1C(C)C.[CH3-].[CH3-].[Ti+3].